The number of aryl methyl sites for hydroxylation is 2. The van der Waals surface area contributed by atoms with Gasteiger partial charge in [0, 0.05) is 17.5 Å². The summed E-state index contributed by atoms with van der Waals surface area (Å²) in [6.07, 6.45) is 2.71. The third-order valence-corrected chi connectivity index (χ3v) is 6.87. The van der Waals surface area contributed by atoms with Gasteiger partial charge < -0.3 is 0 Å². The van der Waals surface area contributed by atoms with Crippen LogP contribution in [0.3, 0.4) is 0 Å². The van der Waals surface area contributed by atoms with Gasteiger partial charge in [-0.1, -0.05) is 86.1 Å². The third-order valence-electron chi connectivity index (χ3n) is 6.87. The molecule has 0 amide bonds. The Morgan fingerprint density at radius 1 is 0.872 bits per heavy atom. The van der Waals surface area contributed by atoms with Crippen molar-refractivity contribution in [2.24, 2.45) is 0 Å². The molecule has 0 aliphatic rings. The van der Waals surface area contributed by atoms with Gasteiger partial charge in [-0.15, -0.1) is 10.2 Å². The number of para-hydroxylation sites is 1. The van der Waals surface area contributed by atoms with E-state index in [1.807, 2.05) is 84.3 Å². The van der Waals surface area contributed by atoms with Gasteiger partial charge >= 0.3 is 0 Å². The standard InChI is InChI=1S/C30H28N8O/c1-3-4-18-26-31-27-20(2)34-37(19-21-12-6-5-7-13-21)30(39)28(27)38(26)25-17-11-10-15-23(25)22-14-8-9-16-24(22)29-32-35-36-33-29/h5-17H,3-4,18-19H2,1-2H3,(H,32,33,35,36). The molecule has 0 unspecified atom stereocenters. The van der Waals surface area contributed by atoms with Crippen molar-refractivity contribution in [1.82, 2.24) is 40.0 Å². The third kappa shape index (κ3) is 4.52. The lowest BCUT2D eigenvalue weighted by atomic mass is 9.97. The predicted molar refractivity (Wildman–Crippen MR) is 151 cm³/mol. The second-order valence-electron chi connectivity index (χ2n) is 9.50. The van der Waals surface area contributed by atoms with E-state index < -0.39 is 0 Å². The van der Waals surface area contributed by atoms with E-state index in [0.29, 0.717) is 23.4 Å². The first-order valence-corrected chi connectivity index (χ1v) is 13.1. The number of tetrazole rings is 1. The Hall–Kier alpha value is -4.92. The number of benzene rings is 3. The summed E-state index contributed by atoms with van der Waals surface area (Å²) in [7, 11) is 0. The zero-order valence-electron chi connectivity index (χ0n) is 21.9. The van der Waals surface area contributed by atoms with Crippen LogP contribution in [0.15, 0.2) is 83.7 Å². The van der Waals surface area contributed by atoms with E-state index in [-0.39, 0.29) is 5.56 Å². The molecule has 6 aromatic rings. The molecule has 0 aliphatic carbocycles. The minimum Gasteiger partial charge on any atom is -0.291 e. The molecule has 194 valence electrons. The van der Waals surface area contributed by atoms with Gasteiger partial charge in [-0.3, -0.25) is 9.36 Å². The van der Waals surface area contributed by atoms with E-state index in [4.69, 9.17) is 4.98 Å². The average Bonchev–Trinajstić information content (AvgIpc) is 3.64. The van der Waals surface area contributed by atoms with Gasteiger partial charge in [0.2, 0.25) is 5.82 Å². The van der Waals surface area contributed by atoms with E-state index in [1.165, 1.54) is 0 Å². The summed E-state index contributed by atoms with van der Waals surface area (Å²) in [5.74, 6) is 1.35. The van der Waals surface area contributed by atoms with Crippen LogP contribution < -0.4 is 5.56 Å². The van der Waals surface area contributed by atoms with Crippen molar-refractivity contribution in [2.75, 3.05) is 0 Å². The van der Waals surface area contributed by atoms with Crippen LogP contribution in [0.2, 0.25) is 0 Å². The molecule has 0 radical (unpaired) electrons. The highest BCUT2D eigenvalue weighted by Gasteiger charge is 2.23. The molecule has 6 rings (SSSR count). The van der Waals surface area contributed by atoms with E-state index >= 15 is 0 Å². The molecule has 3 aromatic heterocycles. The number of nitrogens with zero attached hydrogens (tertiary/aromatic N) is 7. The largest absolute Gasteiger partial charge is 0.293 e. The first-order valence-electron chi connectivity index (χ1n) is 13.1. The Morgan fingerprint density at radius 2 is 1.59 bits per heavy atom. The summed E-state index contributed by atoms with van der Waals surface area (Å²) in [5.41, 5.74) is 6.33. The van der Waals surface area contributed by atoms with Crippen LogP contribution in [0.4, 0.5) is 0 Å². The lowest BCUT2D eigenvalue weighted by molar-refractivity contribution is 0.635. The molecule has 39 heavy (non-hydrogen) atoms. The molecular weight excluding hydrogens is 488 g/mol. The summed E-state index contributed by atoms with van der Waals surface area (Å²) in [6, 6.07) is 25.9. The molecule has 0 saturated carbocycles. The molecule has 0 atom stereocenters. The zero-order valence-corrected chi connectivity index (χ0v) is 21.9. The number of H-pyrrole nitrogens is 1. The van der Waals surface area contributed by atoms with Gasteiger partial charge in [-0.05, 0) is 35.8 Å². The summed E-state index contributed by atoms with van der Waals surface area (Å²) in [5, 5.41) is 19.4. The van der Waals surface area contributed by atoms with Gasteiger partial charge in [-0.25, -0.2) is 9.67 Å². The van der Waals surface area contributed by atoms with Crippen LogP contribution in [-0.4, -0.2) is 40.0 Å². The molecule has 0 fully saturated rings. The zero-order chi connectivity index (χ0) is 26.8. The van der Waals surface area contributed by atoms with Gasteiger partial charge in [-0.2, -0.15) is 10.3 Å². The number of aromatic nitrogens is 8. The quantitative estimate of drug-likeness (QED) is 0.301. The number of hydrogen-bond donors (Lipinski definition) is 1. The Kier molecular flexibility index (Phi) is 6.54. The molecule has 9 nitrogen and oxygen atoms in total. The molecule has 9 heteroatoms. The van der Waals surface area contributed by atoms with E-state index in [2.05, 4.69) is 38.7 Å². The number of fused-ring (bicyclic) bond motifs is 1. The summed E-state index contributed by atoms with van der Waals surface area (Å²) in [6.45, 7) is 4.46. The highest BCUT2D eigenvalue weighted by molar-refractivity contribution is 5.87. The van der Waals surface area contributed by atoms with E-state index in [9.17, 15) is 4.79 Å². The average molecular weight is 517 g/mol. The minimum atomic E-state index is -0.170. The normalized spacial score (nSPS) is 11.3. The van der Waals surface area contributed by atoms with Gasteiger partial charge in [0.05, 0.1) is 17.9 Å². The SMILES string of the molecule is CCCCc1nc2c(C)nn(Cc3ccccc3)c(=O)c2n1-c1ccccc1-c1ccccc1-c1nn[nH]n1. The van der Waals surface area contributed by atoms with E-state index in [0.717, 1.165) is 58.7 Å². The molecule has 3 aromatic carbocycles. The van der Waals surface area contributed by atoms with Crippen molar-refractivity contribution in [1.29, 1.82) is 0 Å². The van der Waals surface area contributed by atoms with Crippen molar-refractivity contribution in [3.05, 3.63) is 106 Å². The van der Waals surface area contributed by atoms with Crippen LogP contribution in [0.5, 0.6) is 0 Å². The second-order valence-corrected chi connectivity index (χ2v) is 9.50. The van der Waals surface area contributed by atoms with Crippen molar-refractivity contribution < 1.29 is 0 Å². The Morgan fingerprint density at radius 3 is 2.33 bits per heavy atom. The van der Waals surface area contributed by atoms with Crippen LogP contribution in [0.25, 0.3) is 39.2 Å². The number of hydrogen-bond acceptors (Lipinski definition) is 6. The Labute approximate surface area is 225 Å². The molecule has 0 saturated heterocycles. The van der Waals surface area contributed by atoms with E-state index in [1.54, 1.807) is 4.68 Å². The fourth-order valence-corrected chi connectivity index (χ4v) is 5.02. The fourth-order valence-electron chi connectivity index (χ4n) is 5.02. The number of unbranched alkanes of at least 4 members (excludes halogenated alkanes) is 1. The monoisotopic (exact) mass is 516 g/mol. The summed E-state index contributed by atoms with van der Waals surface area (Å²) >= 11 is 0. The highest BCUT2D eigenvalue weighted by Crippen LogP contribution is 2.35. The first kappa shape index (κ1) is 24.4. The van der Waals surface area contributed by atoms with Crippen molar-refractivity contribution in [3.63, 3.8) is 0 Å². The van der Waals surface area contributed by atoms with Crippen molar-refractivity contribution >= 4 is 11.0 Å². The molecular formula is C30H28N8O. The number of imidazole rings is 1. The van der Waals surface area contributed by atoms with Crippen LogP contribution in [-0.2, 0) is 13.0 Å². The second kappa shape index (κ2) is 10.4. The van der Waals surface area contributed by atoms with Crippen molar-refractivity contribution in [2.45, 2.75) is 39.7 Å². The maximum atomic E-state index is 14.1. The fraction of sp³-hybridized carbons (Fsp3) is 0.200. The summed E-state index contributed by atoms with van der Waals surface area (Å²) < 4.78 is 3.58. The number of nitrogens with one attached hydrogen (secondary N) is 1. The van der Waals surface area contributed by atoms with Crippen molar-refractivity contribution in [3.8, 4) is 28.2 Å². The van der Waals surface area contributed by atoms with Gasteiger partial charge in [0.1, 0.15) is 16.9 Å². The molecule has 0 spiro atoms. The highest BCUT2D eigenvalue weighted by atomic mass is 16.1. The number of rotatable bonds is 8. The Bertz CT molecular complexity index is 1800. The smallest absolute Gasteiger partial charge is 0.291 e. The maximum absolute atomic E-state index is 14.1. The molecule has 0 aliphatic heterocycles. The topological polar surface area (TPSA) is 107 Å². The van der Waals surface area contributed by atoms with Gasteiger partial charge in [0.15, 0.2) is 0 Å². The maximum Gasteiger partial charge on any atom is 0.293 e. The Balaban J connectivity index is 1.62. The predicted octanol–water partition coefficient (Wildman–Crippen LogP) is 5.13. The van der Waals surface area contributed by atoms with Crippen LogP contribution in [0, 0.1) is 6.92 Å². The molecule has 1 N–H and O–H groups in total. The molecule has 3 heterocycles. The van der Waals surface area contributed by atoms with Crippen LogP contribution in [0.1, 0.15) is 36.8 Å². The minimum absolute atomic E-state index is 0.170. The first-order chi connectivity index (χ1) is 19.2. The van der Waals surface area contributed by atoms with Gasteiger partial charge in [0.25, 0.3) is 5.56 Å². The summed E-state index contributed by atoms with van der Waals surface area (Å²) in [4.78, 5) is 19.1. The molecule has 0 bridgehead atoms. The lowest BCUT2D eigenvalue weighted by Gasteiger charge is -2.16. The number of aromatic amines is 1. The lowest BCUT2D eigenvalue weighted by Crippen LogP contribution is -2.26. The van der Waals surface area contributed by atoms with Crippen LogP contribution >= 0.6 is 0 Å².